The summed E-state index contributed by atoms with van der Waals surface area (Å²) in [5.74, 6) is 0.250. The van der Waals surface area contributed by atoms with Crippen molar-refractivity contribution in [1.29, 1.82) is 0 Å². The minimum atomic E-state index is 0.250. The lowest BCUT2D eigenvalue weighted by Crippen LogP contribution is -1.92. The highest BCUT2D eigenvalue weighted by Gasteiger charge is 2.12. The van der Waals surface area contributed by atoms with Gasteiger partial charge in [0.25, 0.3) is 0 Å². The van der Waals surface area contributed by atoms with Crippen LogP contribution in [0.4, 0.5) is 0 Å². The summed E-state index contributed by atoms with van der Waals surface area (Å²) in [5.41, 5.74) is 2.81. The zero-order valence-corrected chi connectivity index (χ0v) is 10.3. The predicted molar refractivity (Wildman–Crippen MR) is 69.3 cm³/mol. The van der Waals surface area contributed by atoms with Gasteiger partial charge in [-0.15, -0.1) is 0 Å². The first-order valence-electron chi connectivity index (χ1n) is 5.87. The van der Waals surface area contributed by atoms with Crippen molar-refractivity contribution in [1.82, 2.24) is 19.6 Å². The van der Waals surface area contributed by atoms with Crippen LogP contribution >= 0.6 is 0 Å². The average molecular weight is 242 g/mol. The summed E-state index contributed by atoms with van der Waals surface area (Å²) in [6.45, 7) is 2.87. The van der Waals surface area contributed by atoms with E-state index in [1.165, 1.54) is 0 Å². The Bertz CT molecular complexity index is 711. The van der Waals surface area contributed by atoms with Crippen LogP contribution < -0.4 is 0 Å². The molecule has 0 aliphatic heterocycles. The molecular weight excluding hydrogens is 228 g/mol. The lowest BCUT2D eigenvalue weighted by atomic mass is 10.1. The van der Waals surface area contributed by atoms with Crippen molar-refractivity contribution in [3.05, 3.63) is 30.6 Å². The number of hydrogen-bond donors (Lipinski definition) is 1. The first kappa shape index (κ1) is 10.8. The van der Waals surface area contributed by atoms with Gasteiger partial charge < -0.3 is 5.11 Å². The second-order valence-corrected chi connectivity index (χ2v) is 4.26. The molecule has 0 aliphatic carbocycles. The maximum Gasteiger partial charge on any atom is 0.116 e. The van der Waals surface area contributed by atoms with Crippen LogP contribution in [0.2, 0.25) is 0 Å². The average Bonchev–Trinajstić information content (AvgIpc) is 2.94. The maximum absolute atomic E-state index is 9.60. The van der Waals surface area contributed by atoms with Crippen LogP contribution in [-0.4, -0.2) is 24.7 Å². The Morgan fingerprint density at radius 3 is 2.89 bits per heavy atom. The lowest BCUT2D eigenvalue weighted by molar-refractivity contribution is 0.476. The molecule has 0 saturated carbocycles. The number of nitrogens with zero attached hydrogens (tertiary/aromatic N) is 4. The van der Waals surface area contributed by atoms with Crippen LogP contribution in [0.1, 0.15) is 6.92 Å². The molecule has 2 heterocycles. The molecule has 0 amide bonds. The molecule has 0 saturated heterocycles. The molecule has 5 heteroatoms. The molecule has 5 nitrogen and oxygen atoms in total. The van der Waals surface area contributed by atoms with E-state index in [0.717, 1.165) is 28.7 Å². The summed E-state index contributed by atoms with van der Waals surface area (Å²) in [6.07, 6.45) is 3.77. The van der Waals surface area contributed by atoms with E-state index in [4.69, 9.17) is 0 Å². The van der Waals surface area contributed by atoms with Gasteiger partial charge in [-0.05, 0) is 25.1 Å². The molecule has 92 valence electrons. The molecule has 0 unspecified atom stereocenters. The van der Waals surface area contributed by atoms with Crippen LogP contribution in [0.15, 0.2) is 30.6 Å². The Hall–Kier alpha value is -2.30. The monoisotopic (exact) mass is 242 g/mol. The molecule has 1 aromatic carbocycles. The zero-order valence-electron chi connectivity index (χ0n) is 10.3. The molecule has 3 rings (SSSR count). The van der Waals surface area contributed by atoms with E-state index in [2.05, 4.69) is 10.2 Å². The molecule has 3 aromatic rings. The molecule has 18 heavy (non-hydrogen) atoms. The van der Waals surface area contributed by atoms with Gasteiger partial charge in [0.2, 0.25) is 0 Å². The van der Waals surface area contributed by atoms with E-state index >= 15 is 0 Å². The Balaban J connectivity index is 2.25. The number of fused-ring (bicyclic) bond motifs is 1. The fourth-order valence-electron chi connectivity index (χ4n) is 2.13. The van der Waals surface area contributed by atoms with Gasteiger partial charge >= 0.3 is 0 Å². The van der Waals surface area contributed by atoms with E-state index in [1.54, 1.807) is 18.3 Å². The van der Waals surface area contributed by atoms with Gasteiger partial charge in [-0.1, -0.05) is 0 Å². The third-order valence-corrected chi connectivity index (χ3v) is 3.06. The first-order chi connectivity index (χ1) is 8.69. The van der Waals surface area contributed by atoms with Crippen LogP contribution in [0.5, 0.6) is 5.75 Å². The Morgan fingerprint density at radius 2 is 2.17 bits per heavy atom. The van der Waals surface area contributed by atoms with E-state index in [0.29, 0.717) is 0 Å². The Morgan fingerprint density at radius 1 is 1.33 bits per heavy atom. The minimum Gasteiger partial charge on any atom is -0.508 e. The highest BCUT2D eigenvalue weighted by Crippen LogP contribution is 2.29. The zero-order chi connectivity index (χ0) is 12.7. The second kappa shape index (κ2) is 3.87. The van der Waals surface area contributed by atoms with Gasteiger partial charge in [-0.25, -0.2) is 0 Å². The van der Waals surface area contributed by atoms with Gasteiger partial charge in [0, 0.05) is 30.7 Å². The molecule has 2 aromatic heterocycles. The van der Waals surface area contributed by atoms with Crippen molar-refractivity contribution < 1.29 is 5.11 Å². The molecule has 0 atom stereocenters. The summed E-state index contributed by atoms with van der Waals surface area (Å²) in [6, 6.07) is 5.27. The quantitative estimate of drug-likeness (QED) is 0.749. The summed E-state index contributed by atoms with van der Waals surface area (Å²) < 4.78 is 3.67. The highest BCUT2D eigenvalue weighted by atomic mass is 16.3. The molecule has 0 spiro atoms. The molecule has 1 N–H and O–H groups in total. The lowest BCUT2D eigenvalue weighted by Gasteiger charge is -1.95. The normalized spacial score (nSPS) is 11.2. The third-order valence-electron chi connectivity index (χ3n) is 3.06. The predicted octanol–water partition coefficient (Wildman–Crippen LogP) is 2.16. The fourth-order valence-corrected chi connectivity index (χ4v) is 2.13. The van der Waals surface area contributed by atoms with E-state index in [9.17, 15) is 5.11 Å². The number of aromatic hydroxyl groups is 1. The topological polar surface area (TPSA) is 55.9 Å². The molecular formula is C13H14N4O. The van der Waals surface area contributed by atoms with Gasteiger partial charge in [-0.3, -0.25) is 9.36 Å². The van der Waals surface area contributed by atoms with E-state index in [-0.39, 0.29) is 5.75 Å². The molecule has 0 radical (unpaired) electrons. The number of phenols is 1. The first-order valence-corrected chi connectivity index (χ1v) is 5.87. The fraction of sp³-hybridized carbons (Fsp3) is 0.231. The van der Waals surface area contributed by atoms with Crippen molar-refractivity contribution in [3.63, 3.8) is 0 Å². The van der Waals surface area contributed by atoms with Gasteiger partial charge in [-0.2, -0.15) is 10.2 Å². The SMILES string of the molecule is CCn1cc(-c2nn(C)c3ccc(O)cc23)cn1. The van der Waals surface area contributed by atoms with Crippen LogP contribution in [0, 0.1) is 0 Å². The van der Waals surface area contributed by atoms with Crippen LogP contribution in [0.3, 0.4) is 0 Å². The maximum atomic E-state index is 9.60. The van der Waals surface area contributed by atoms with Crippen LogP contribution in [-0.2, 0) is 13.6 Å². The summed E-state index contributed by atoms with van der Waals surface area (Å²) in [5, 5.41) is 19.3. The van der Waals surface area contributed by atoms with Crippen molar-refractivity contribution in [3.8, 4) is 17.0 Å². The summed E-state index contributed by atoms with van der Waals surface area (Å²) >= 11 is 0. The van der Waals surface area contributed by atoms with Crippen LogP contribution in [0.25, 0.3) is 22.2 Å². The largest absolute Gasteiger partial charge is 0.508 e. The number of aryl methyl sites for hydroxylation is 2. The number of benzene rings is 1. The van der Waals surface area contributed by atoms with Crippen molar-refractivity contribution in [2.75, 3.05) is 0 Å². The van der Waals surface area contributed by atoms with Crippen molar-refractivity contribution in [2.45, 2.75) is 13.5 Å². The third kappa shape index (κ3) is 1.55. The Labute approximate surface area is 104 Å². The van der Waals surface area contributed by atoms with Gasteiger partial charge in [0.1, 0.15) is 11.4 Å². The van der Waals surface area contributed by atoms with E-state index < -0.39 is 0 Å². The molecule has 0 bridgehead atoms. The van der Waals surface area contributed by atoms with Gasteiger partial charge in [0.15, 0.2) is 0 Å². The Kier molecular flexibility index (Phi) is 2.33. The van der Waals surface area contributed by atoms with Crippen molar-refractivity contribution in [2.24, 2.45) is 7.05 Å². The smallest absolute Gasteiger partial charge is 0.116 e. The highest BCUT2D eigenvalue weighted by molar-refractivity contribution is 5.93. The summed E-state index contributed by atoms with van der Waals surface area (Å²) in [4.78, 5) is 0. The molecule has 0 aliphatic rings. The standard InChI is InChI=1S/C13H14N4O/c1-3-17-8-9(7-14-17)13-11-6-10(18)4-5-12(11)16(2)15-13/h4-8,18H,3H2,1-2H3. The number of rotatable bonds is 2. The van der Waals surface area contributed by atoms with E-state index in [1.807, 2.05) is 35.6 Å². The van der Waals surface area contributed by atoms with Gasteiger partial charge in [0.05, 0.1) is 11.7 Å². The number of aromatic nitrogens is 4. The summed E-state index contributed by atoms with van der Waals surface area (Å²) in [7, 11) is 1.90. The second-order valence-electron chi connectivity index (χ2n) is 4.26. The number of phenolic OH excluding ortho intramolecular Hbond substituents is 1. The molecule has 0 fully saturated rings. The van der Waals surface area contributed by atoms with Crippen molar-refractivity contribution >= 4 is 10.9 Å². The number of hydrogen-bond acceptors (Lipinski definition) is 3. The minimum absolute atomic E-state index is 0.250.